The van der Waals surface area contributed by atoms with Crippen LogP contribution in [0.1, 0.15) is 64.1 Å². The molecule has 23 heavy (non-hydrogen) atoms. The van der Waals surface area contributed by atoms with Crippen LogP contribution in [-0.2, 0) is 0 Å². The van der Waals surface area contributed by atoms with Gasteiger partial charge in [-0.25, -0.2) is 4.79 Å². The first-order valence-electron chi connectivity index (χ1n) is 7.63. The highest BCUT2D eigenvalue weighted by Gasteiger charge is 2.30. The summed E-state index contributed by atoms with van der Waals surface area (Å²) in [6.07, 6.45) is -0.411. The number of aromatic carboxylic acids is 1. The molecule has 1 N–H and O–H groups in total. The minimum absolute atomic E-state index is 0.0149. The molecule has 0 amide bonds. The lowest BCUT2D eigenvalue weighted by Crippen LogP contribution is -2.22. The van der Waals surface area contributed by atoms with Gasteiger partial charge in [-0.05, 0) is 29.7 Å². The first-order valence-corrected chi connectivity index (χ1v) is 7.63. The van der Waals surface area contributed by atoms with E-state index in [1.54, 1.807) is 24.3 Å². The number of ketones is 1. The molecule has 1 aliphatic heterocycles. The number of hydrogen-bond donors (Lipinski definition) is 1. The zero-order valence-corrected chi connectivity index (χ0v) is 13.1. The summed E-state index contributed by atoms with van der Waals surface area (Å²) in [7, 11) is 0. The van der Waals surface area contributed by atoms with Crippen molar-refractivity contribution in [2.75, 3.05) is 0 Å². The molecule has 0 fully saturated rings. The number of carbonyl (C=O) groups is 2. The number of Topliss-reactive ketones (excluding diaryl/α,β-unsaturated/α-hetero) is 1. The highest BCUT2D eigenvalue weighted by atomic mass is 16.5. The molecule has 0 aromatic heterocycles. The van der Waals surface area contributed by atoms with Gasteiger partial charge in [-0.3, -0.25) is 4.79 Å². The topological polar surface area (TPSA) is 63.6 Å². The second-order valence-corrected chi connectivity index (χ2v) is 6.04. The Bertz CT molecular complexity index is 777. The van der Waals surface area contributed by atoms with Crippen molar-refractivity contribution in [3.05, 3.63) is 64.7 Å². The standard InChI is InChI=1S/C19H18O4/c1-11(2)12-7-8-17-15(9-12)16(20)10-18(23-17)13-5-3-4-6-14(13)19(21)22/h3-9,11,18H,10H2,1-2H3,(H,21,22). The van der Waals surface area contributed by atoms with Gasteiger partial charge in [0, 0.05) is 5.56 Å². The average Bonchev–Trinajstić information content (AvgIpc) is 2.54. The molecule has 0 saturated carbocycles. The van der Waals surface area contributed by atoms with Crippen LogP contribution in [0.25, 0.3) is 0 Å². The highest BCUT2D eigenvalue weighted by Crippen LogP contribution is 2.37. The van der Waals surface area contributed by atoms with Gasteiger partial charge in [-0.2, -0.15) is 0 Å². The number of carbonyl (C=O) groups excluding carboxylic acids is 1. The molecule has 4 heteroatoms. The van der Waals surface area contributed by atoms with Crippen LogP contribution in [-0.4, -0.2) is 16.9 Å². The van der Waals surface area contributed by atoms with E-state index in [0.717, 1.165) is 5.56 Å². The summed E-state index contributed by atoms with van der Waals surface area (Å²) in [5.74, 6) is -0.175. The fraction of sp³-hybridized carbons (Fsp3) is 0.263. The number of rotatable bonds is 3. The molecule has 1 atom stereocenters. The van der Waals surface area contributed by atoms with Crippen molar-refractivity contribution in [3.63, 3.8) is 0 Å². The van der Waals surface area contributed by atoms with Crippen LogP contribution in [0.15, 0.2) is 42.5 Å². The minimum atomic E-state index is -1.02. The van der Waals surface area contributed by atoms with E-state index in [2.05, 4.69) is 13.8 Å². The van der Waals surface area contributed by atoms with Crippen molar-refractivity contribution in [3.8, 4) is 5.75 Å². The third kappa shape index (κ3) is 2.84. The van der Waals surface area contributed by atoms with Crippen molar-refractivity contribution in [1.82, 2.24) is 0 Å². The fourth-order valence-electron chi connectivity index (χ4n) is 2.85. The third-order valence-corrected chi connectivity index (χ3v) is 4.15. The summed E-state index contributed by atoms with van der Waals surface area (Å²) in [4.78, 5) is 23.9. The lowest BCUT2D eigenvalue weighted by molar-refractivity contribution is 0.0682. The van der Waals surface area contributed by atoms with Crippen LogP contribution in [0, 0.1) is 0 Å². The maximum absolute atomic E-state index is 12.5. The van der Waals surface area contributed by atoms with Crippen LogP contribution in [0.2, 0.25) is 0 Å². The summed E-state index contributed by atoms with van der Waals surface area (Å²) in [6, 6.07) is 12.3. The predicted octanol–water partition coefficient (Wildman–Crippen LogP) is 4.21. The van der Waals surface area contributed by atoms with Crippen molar-refractivity contribution >= 4 is 11.8 Å². The molecule has 4 nitrogen and oxygen atoms in total. The quantitative estimate of drug-likeness (QED) is 0.922. The molecule has 0 radical (unpaired) electrons. The zero-order chi connectivity index (χ0) is 16.6. The molecule has 2 aromatic carbocycles. The normalized spacial score (nSPS) is 16.8. The van der Waals surface area contributed by atoms with Crippen LogP contribution in [0.5, 0.6) is 5.75 Å². The first-order chi connectivity index (χ1) is 11.0. The van der Waals surface area contributed by atoms with Crippen molar-refractivity contribution in [2.45, 2.75) is 32.3 Å². The number of carboxylic acids is 1. The number of benzene rings is 2. The van der Waals surface area contributed by atoms with Crippen LogP contribution in [0.4, 0.5) is 0 Å². The van der Waals surface area contributed by atoms with Gasteiger partial charge in [-0.1, -0.05) is 38.1 Å². The summed E-state index contributed by atoms with van der Waals surface area (Å²) in [6.45, 7) is 4.14. The lowest BCUT2D eigenvalue weighted by Gasteiger charge is -2.27. The molecule has 2 aromatic rings. The molecular weight excluding hydrogens is 292 g/mol. The number of carboxylic acid groups (broad SMARTS) is 1. The maximum Gasteiger partial charge on any atom is 0.336 e. The lowest BCUT2D eigenvalue weighted by atomic mass is 9.91. The van der Waals surface area contributed by atoms with Crippen LogP contribution >= 0.6 is 0 Å². The molecule has 118 valence electrons. The van der Waals surface area contributed by atoms with Gasteiger partial charge in [0.2, 0.25) is 0 Å². The van der Waals surface area contributed by atoms with Crippen molar-refractivity contribution < 1.29 is 19.4 Å². The Labute approximate surface area is 134 Å². The van der Waals surface area contributed by atoms with Crippen molar-refractivity contribution in [1.29, 1.82) is 0 Å². The van der Waals surface area contributed by atoms with Crippen LogP contribution in [0.3, 0.4) is 0 Å². The van der Waals surface area contributed by atoms with E-state index in [1.807, 2.05) is 12.1 Å². The SMILES string of the molecule is CC(C)c1ccc2c(c1)C(=O)CC(c1ccccc1C(=O)O)O2. The van der Waals surface area contributed by atoms with Gasteiger partial charge in [0.15, 0.2) is 5.78 Å². The van der Waals surface area contributed by atoms with E-state index in [-0.39, 0.29) is 17.8 Å². The largest absolute Gasteiger partial charge is 0.484 e. The Kier molecular flexibility index (Phi) is 3.90. The Morgan fingerprint density at radius 2 is 1.96 bits per heavy atom. The second-order valence-electron chi connectivity index (χ2n) is 6.04. The Morgan fingerprint density at radius 3 is 2.65 bits per heavy atom. The van der Waals surface area contributed by atoms with Gasteiger partial charge < -0.3 is 9.84 Å². The van der Waals surface area contributed by atoms with E-state index < -0.39 is 12.1 Å². The number of ether oxygens (including phenoxy) is 1. The minimum Gasteiger partial charge on any atom is -0.484 e. The van der Waals surface area contributed by atoms with Gasteiger partial charge in [0.1, 0.15) is 11.9 Å². The van der Waals surface area contributed by atoms with Gasteiger partial charge in [-0.15, -0.1) is 0 Å². The fourth-order valence-corrected chi connectivity index (χ4v) is 2.85. The van der Waals surface area contributed by atoms with E-state index in [0.29, 0.717) is 22.8 Å². The molecular formula is C19H18O4. The summed E-state index contributed by atoms with van der Waals surface area (Å²) < 4.78 is 5.93. The van der Waals surface area contributed by atoms with E-state index >= 15 is 0 Å². The van der Waals surface area contributed by atoms with E-state index in [1.165, 1.54) is 6.07 Å². The first kappa shape index (κ1) is 15.3. The molecule has 0 bridgehead atoms. The monoisotopic (exact) mass is 310 g/mol. The Morgan fingerprint density at radius 1 is 1.22 bits per heavy atom. The summed E-state index contributed by atoms with van der Waals surface area (Å²) in [5.41, 5.74) is 2.38. The van der Waals surface area contributed by atoms with Gasteiger partial charge >= 0.3 is 5.97 Å². The van der Waals surface area contributed by atoms with Crippen LogP contribution < -0.4 is 4.74 Å². The number of fused-ring (bicyclic) bond motifs is 1. The highest BCUT2D eigenvalue weighted by molar-refractivity contribution is 6.00. The molecule has 1 heterocycles. The average molecular weight is 310 g/mol. The molecule has 0 aliphatic carbocycles. The van der Waals surface area contributed by atoms with E-state index in [4.69, 9.17) is 4.74 Å². The Balaban J connectivity index is 1.99. The van der Waals surface area contributed by atoms with Gasteiger partial charge in [0.05, 0.1) is 17.5 Å². The molecule has 0 saturated heterocycles. The van der Waals surface area contributed by atoms with E-state index in [9.17, 15) is 14.7 Å². The smallest absolute Gasteiger partial charge is 0.336 e. The second kappa shape index (κ2) is 5.88. The Hall–Kier alpha value is -2.62. The number of hydrogen-bond acceptors (Lipinski definition) is 3. The maximum atomic E-state index is 12.5. The summed E-state index contributed by atoms with van der Waals surface area (Å²) >= 11 is 0. The molecule has 0 spiro atoms. The molecule has 1 unspecified atom stereocenters. The predicted molar refractivity (Wildman–Crippen MR) is 86.2 cm³/mol. The van der Waals surface area contributed by atoms with Crippen molar-refractivity contribution in [2.24, 2.45) is 0 Å². The third-order valence-electron chi connectivity index (χ3n) is 4.15. The zero-order valence-electron chi connectivity index (χ0n) is 13.1. The molecule has 3 rings (SSSR count). The van der Waals surface area contributed by atoms with Gasteiger partial charge in [0.25, 0.3) is 0 Å². The summed E-state index contributed by atoms with van der Waals surface area (Å²) in [5, 5.41) is 9.31. The molecule has 1 aliphatic rings.